The fourth-order valence-corrected chi connectivity index (χ4v) is 4.98. The Morgan fingerprint density at radius 3 is 2.50 bits per heavy atom. The minimum atomic E-state index is -0.152. The Kier molecular flexibility index (Phi) is 6.63. The molecule has 0 radical (unpaired) electrons. The first-order chi connectivity index (χ1) is 16.6. The van der Waals surface area contributed by atoms with Crippen LogP contribution in [0.2, 0.25) is 5.02 Å². The average Bonchev–Trinajstić information content (AvgIpc) is 3.06. The van der Waals surface area contributed by atoms with Gasteiger partial charge in [0.05, 0.1) is 10.7 Å². The fraction of sp³-hybridized carbons (Fsp3) is 0.385. The smallest absolute Gasteiger partial charge is 0.274 e. The van der Waals surface area contributed by atoms with E-state index >= 15 is 0 Å². The van der Waals surface area contributed by atoms with Crippen molar-refractivity contribution in [1.29, 1.82) is 0 Å². The van der Waals surface area contributed by atoms with Crippen molar-refractivity contribution in [3.05, 3.63) is 65.1 Å². The van der Waals surface area contributed by atoms with Crippen molar-refractivity contribution >= 4 is 29.2 Å². The summed E-state index contributed by atoms with van der Waals surface area (Å²) >= 11 is 5.86. The molecular weight excluding hydrogens is 450 g/mol. The van der Waals surface area contributed by atoms with Gasteiger partial charge < -0.3 is 14.8 Å². The van der Waals surface area contributed by atoms with Crippen molar-refractivity contribution in [2.24, 2.45) is 5.92 Å². The molecule has 34 heavy (non-hydrogen) atoms. The zero-order valence-corrected chi connectivity index (χ0v) is 19.8. The highest BCUT2D eigenvalue weighted by Gasteiger charge is 2.32. The first kappa shape index (κ1) is 22.6. The highest BCUT2D eigenvalue weighted by atomic mass is 35.5. The molecule has 0 unspecified atom stereocenters. The Morgan fingerprint density at radius 1 is 0.971 bits per heavy atom. The number of likely N-dealkylation sites (tertiary alicyclic amines) is 1. The lowest BCUT2D eigenvalue weighted by atomic mass is 9.95. The molecule has 0 saturated carbocycles. The van der Waals surface area contributed by atoms with Crippen LogP contribution in [0.1, 0.15) is 48.3 Å². The van der Waals surface area contributed by atoms with Gasteiger partial charge in [-0.25, -0.2) is 9.97 Å². The molecular formula is C26H28ClN5O2. The van der Waals surface area contributed by atoms with Gasteiger partial charge in [0.25, 0.3) is 5.91 Å². The second kappa shape index (κ2) is 9.97. The molecule has 0 bridgehead atoms. The summed E-state index contributed by atoms with van der Waals surface area (Å²) in [6.45, 7) is 1.97. The lowest BCUT2D eigenvalue weighted by Gasteiger charge is -2.31. The number of hydrogen-bond donors (Lipinski definition) is 1. The van der Waals surface area contributed by atoms with E-state index in [2.05, 4.69) is 27.0 Å². The van der Waals surface area contributed by atoms with Gasteiger partial charge in [-0.15, -0.1) is 0 Å². The maximum atomic E-state index is 13.6. The molecule has 8 heteroatoms. The number of imidazole rings is 1. The van der Waals surface area contributed by atoms with Crippen LogP contribution in [-0.4, -0.2) is 44.3 Å². The number of benzene rings is 1. The molecule has 0 spiro atoms. The highest BCUT2D eigenvalue weighted by molar-refractivity contribution is 6.30. The molecule has 2 amide bonds. The molecule has 3 aromatic rings. The number of anilines is 1. The van der Waals surface area contributed by atoms with Gasteiger partial charge in [-0.3, -0.25) is 9.59 Å². The summed E-state index contributed by atoms with van der Waals surface area (Å²) in [5.74, 6) is 1.13. The predicted octanol–water partition coefficient (Wildman–Crippen LogP) is 4.82. The fourth-order valence-electron chi connectivity index (χ4n) is 4.87. The second-order valence-corrected chi connectivity index (χ2v) is 9.41. The van der Waals surface area contributed by atoms with Gasteiger partial charge >= 0.3 is 0 Å². The normalized spacial score (nSPS) is 16.6. The number of aromatic nitrogens is 3. The molecule has 2 aliphatic rings. The van der Waals surface area contributed by atoms with Crippen LogP contribution in [0.4, 0.5) is 5.82 Å². The van der Waals surface area contributed by atoms with Gasteiger partial charge in [0.2, 0.25) is 5.91 Å². The molecule has 0 aliphatic carbocycles. The second-order valence-electron chi connectivity index (χ2n) is 8.98. The van der Waals surface area contributed by atoms with Crippen molar-refractivity contribution in [3.8, 4) is 11.4 Å². The van der Waals surface area contributed by atoms with Gasteiger partial charge in [0.1, 0.15) is 17.3 Å². The average molecular weight is 478 g/mol. The molecule has 4 heterocycles. The Morgan fingerprint density at radius 2 is 1.76 bits per heavy atom. The zero-order valence-electron chi connectivity index (χ0n) is 19.0. The predicted molar refractivity (Wildman–Crippen MR) is 132 cm³/mol. The lowest BCUT2D eigenvalue weighted by molar-refractivity contribution is -0.121. The number of piperidine rings is 1. The number of hydrogen-bond acceptors (Lipinski definition) is 4. The largest absolute Gasteiger partial charge is 0.337 e. The standard InChI is InChI=1S/C26H28ClN5O2/c27-20-10-11-22(28-17-20)29-25(33)19-12-15-31(16-13-19)26(34)23-21-9-5-2-6-14-32(21)24(30-23)18-7-3-1-4-8-18/h1,3-4,7-8,10-11,17,19H,2,5-6,9,12-16H2,(H,28,29,33). The summed E-state index contributed by atoms with van der Waals surface area (Å²) in [4.78, 5) is 37.1. The number of pyridine rings is 1. The van der Waals surface area contributed by atoms with E-state index in [1.165, 1.54) is 6.20 Å². The zero-order chi connectivity index (χ0) is 23.5. The van der Waals surface area contributed by atoms with E-state index in [1.807, 2.05) is 23.1 Å². The van der Waals surface area contributed by atoms with Crippen LogP contribution in [0.5, 0.6) is 0 Å². The van der Waals surface area contributed by atoms with Crippen LogP contribution in [0.25, 0.3) is 11.4 Å². The number of halogens is 1. The third-order valence-corrected chi connectivity index (χ3v) is 6.96. The van der Waals surface area contributed by atoms with Crippen molar-refractivity contribution in [3.63, 3.8) is 0 Å². The van der Waals surface area contributed by atoms with Gasteiger partial charge in [-0.2, -0.15) is 0 Å². The van der Waals surface area contributed by atoms with Gasteiger partial charge in [0.15, 0.2) is 0 Å². The summed E-state index contributed by atoms with van der Waals surface area (Å²) in [5, 5.41) is 3.38. The van der Waals surface area contributed by atoms with Crippen LogP contribution < -0.4 is 5.32 Å². The number of fused-ring (bicyclic) bond motifs is 1. The highest BCUT2D eigenvalue weighted by Crippen LogP contribution is 2.29. The number of nitrogens with zero attached hydrogens (tertiary/aromatic N) is 4. The first-order valence-electron chi connectivity index (χ1n) is 12.0. The van der Waals surface area contributed by atoms with E-state index in [-0.39, 0.29) is 17.7 Å². The van der Waals surface area contributed by atoms with E-state index in [0.717, 1.165) is 49.3 Å². The minimum absolute atomic E-state index is 0.0222. The van der Waals surface area contributed by atoms with Gasteiger partial charge in [0, 0.05) is 37.3 Å². The van der Waals surface area contributed by atoms with Gasteiger partial charge in [-0.1, -0.05) is 48.4 Å². The molecule has 176 valence electrons. The number of rotatable bonds is 4. The quantitative estimate of drug-likeness (QED) is 0.584. The number of carbonyl (C=O) groups excluding carboxylic acids is 2. The van der Waals surface area contributed by atoms with E-state index in [9.17, 15) is 9.59 Å². The van der Waals surface area contributed by atoms with Crippen molar-refractivity contribution < 1.29 is 9.59 Å². The Balaban J connectivity index is 1.29. The third-order valence-electron chi connectivity index (χ3n) is 6.73. The third kappa shape index (κ3) is 4.71. The van der Waals surface area contributed by atoms with E-state index in [4.69, 9.17) is 16.6 Å². The van der Waals surface area contributed by atoms with Crippen LogP contribution >= 0.6 is 11.6 Å². The summed E-state index contributed by atoms with van der Waals surface area (Å²) in [5.41, 5.74) is 2.67. The summed E-state index contributed by atoms with van der Waals surface area (Å²) < 4.78 is 2.24. The SMILES string of the molecule is O=C(Nc1ccc(Cl)cn1)C1CCN(C(=O)c2nc(-c3ccccc3)n3c2CCCCC3)CC1. The Bertz CT molecular complexity index is 1170. The maximum absolute atomic E-state index is 13.6. The Hall–Kier alpha value is -3.19. The molecule has 1 fully saturated rings. The van der Waals surface area contributed by atoms with Crippen LogP contribution in [-0.2, 0) is 17.8 Å². The minimum Gasteiger partial charge on any atom is -0.337 e. The lowest BCUT2D eigenvalue weighted by Crippen LogP contribution is -2.42. The van der Waals surface area contributed by atoms with Crippen molar-refractivity contribution in [2.75, 3.05) is 18.4 Å². The monoisotopic (exact) mass is 477 g/mol. The number of nitrogens with one attached hydrogen (secondary N) is 1. The molecule has 5 rings (SSSR count). The molecule has 1 aromatic carbocycles. The summed E-state index contributed by atoms with van der Waals surface area (Å²) in [6, 6.07) is 13.5. The first-order valence-corrected chi connectivity index (χ1v) is 12.3. The summed E-state index contributed by atoms with van der Waals surface area (Å²) in [6.07, 6.45) is 6.94. The molecule has 7 nitrogen and oxygen atoms in total. The Labute approximate surface area is 204 Å². The topological polar surface area (TPSA) is 80.1 Å². The van der Waals surface area contributed by atoms with E-state index < -0.39 is 0 Å². The van der Waals surface area contributed by atoms with Crippen LogP contribution in [0.3, 0.4) is 0 Å². The molecule has 0 atom stereocenters. The molecule has 2 aliphatic heterocycles. The maximum Gasteiger partial charge on any atom is 0.274 e. The van der Waals surface area contributed by atoms with Crippen molar-refractivity contribution in [1.82, 2.24) is 19.4 Å². The molecule has 2 aromatic heterocycles. The molecule has 1 saturated heterocycles. The van der Waals surface area contributed by atoms with E-state index in [1.54, 1.807) is 12.1 Å². The van der Waals surface area contributed by atoms with Crippen LogP contribution in [0.15, 0.2) is 48.7 Å². The van der Waals surface area contributed by atoms with Gasteiger partial charge in [-0.05, 0) is 44.2 Å². The van der Waals surface area contributed by atoms with E-state index in [0.29, 0.717) is 42.5 Å². The van der Waals surface area contributed by atoms with Crippen molar-refractivity contribution in [2.45, 2.75) is 45.1 Å². The van der Waals surface area contributed by atoms with Crippen LogP contribution in [0, 0.1) is 5.92 Å². The molecule has 1 N–H and O–H groups in total. The summed E-state index contributed by atoms with van der Waals surface area (Å²) in [7, 11) is 0. The number of carbonyl (C=O) groups is 2. The number of amides is 2.